The summed E-state index contributed by atoms with van der Waals surface area (Å²) >= 11 is 0. The number of nitrogens with one attached hydrogen (secondary N) is 1. The first-order valence-electron chi connectivity index (χ1n) is 7.78. The summed E-state index contributed by atoms with van der Waals surface area (Å²) in [7, 11) is 0. The average Bonchev–Trinajstić information content (AvgIpc) is 3.29. The Labute approximate surface area is 139 Å². The number of hydrogen-bond acceptors (Lipinski definition) is 4. The number of benzene rings is 1. The fourth-order valence-corrected chi connectivity index (χ4v) is 2.39. The average molecular weight is 325 g/mol. The van der Waals surface area contributed by atoms with Crippen molar-refractivity contribution in [2.24, 2.45) is 0 Å². The van der Waals surface area contributed by atoms with Crippen LogP contribution in [-0.4, -0.2) is 27.3 Å². The topological polar surface area (TPSA) is 80.3 Å². The SMILES string of the molecule is O=C(NCC[C@@H](O)c1ccco1)c1ccc(Cn2cccn2)cc1. The van der Waals surface area contributed by atoms with Gasteiger partial charge in [0, 0.05) is 24.5 Å². The van der Waals surface area contributed by atoms with Crippen LogP contribution in [0.3, 0.4) is 0 Å². The van der Waals surface area contributed by atoms with Crippen LogP contribution in [0.25, 0.3) is 0 Å². The van der Waals surface area contributed by atoms with E-state index in [0.717, 1.165) is 5.56 Å². The van der Waals surface area contributed by atoms with Crippen LogP contribution in [0, 0.1) is 0 Å². The Bertz CT molecular complexity index is 749. The predicted octanol–water partition coefficient (Wildman–Crippen LogP) is 2.38. The molecule has 0 fully saturated rings. The van der Waals surface area contributed by atoms with Crippen molar-refractivity contribution in [2.75, 3.05) is 6.54 Å². The van der Waals surface area contributed by atoms with Crippen molar-refractivity contribution in [3.05, 3.63) is 78.0 Å². The van der Waals surface area contributed by atoms with Gasteiger partial charge in [-0.2, -0.15) is 5.10 Å². The van der Waals surface area contributed by atoms with E-state index in [2.05, 4.69) is 10.4 Å². The number of carbonyl (C=O) groups is 1. The van der Waals surface area contributed by atoms with Gasteiger partial charge in [-0.1, -0.05) is 12.1 Å². The molecule has 3 aromatic rings. The first-order valence-corrected chi connectivity index (χ1v) is 7.78. The fraction of sp³-hybridized carbons (Fsp3) is 0.222. The van der Waals surface area contributed by atoms with Crippen LogP contribution in [0.5, 0.6) is 0 Å². The lowest BCUT2D eigenvalue weighted by molar-refractivity contribution is 0.0936. The van der Waals surface area contributed by atoms with Crippen LogP contribution >= 0.6 is 0 Å². The van der Waals surface area contributed by atoms with Crippen molar-refractivity contribution in [2.45, 2.75) is 19.1 Å². The molecule has 0 unspecified atom stereocenters. The van der Waals surface area contributed by atoms with Crippen molar-refractivity contribution in [1.82, 2.24) is 15.1 Å². The number of nitrogens with zero attached hydrogens (tertiary/aromatic N) is 2. The summed E-state index contributed by atoms with van der Waals surface area (Å²) in [5.74, 6) is 0.347. The van der Waals surface area contributed by atoms with Crippen molar-refractivity contribution < 1.29 is 14.3 Å². The van der Waals surface area contributed by atoms with Crippen molar-refractivity contribution in [3.63, 3.8) is 0 Å². The highest BCUT2D eigenvalue weighted by atomic mass is 16.4. The van der Waals surface area contributed by atoms with Crippen molar-refractivity contribution in [1.29, 1.82) is 0 Å². The van der Waals surface area contributed by atoms with Crippen LogP contribution < -0.4 is 5.32 Å². The Balaban J connectivity index is 1.48. The van der Waals surface area contributed by atoms with Gasteiger partial charge < -0.3 is 14.8 Å². The lowest BCUT2D eigenvalue weighted by Crippen LogP contribution is -2.25. The number of aromatic nitrogens is 2. The molecule has 24 heavy (non-hydrogen) atoms. The highest BCUT2D eigenvalue weighted by molar-refractivity contribution is 5.94. The van der Waals surface area contributed by atoms with E-state index in [0.29, 0.717) is 30.8 Å². The summed E-state index contributed by atoms with van der Waals surface area (Å²) in [5.41, 5.74) is 1.66. The van der Waals surface area contributed by atoms with Crippen LogP contribution in [0.2, 0.25) is 0 Å². The third-order valence-electron chi connectivity index (χ3n) is 3.69. The molecule has 0 spiro atoms. The quantitative estimate of drug-likeness (QED) is 0.699. The summed E-state index contributed by atoms with van der Waals surface area (Å²) in [6.45, 7) is 1.04. The van der Waals surface area contributed by atoms with Gasteiger partial charge in [0.1, 0.15) is 11.9 Å². The first kappa shape index (κ1) is 16.0. The van der Waals surface area contributed by atoms with Gasteiger partial charge in [0.15, 0.2) is 0 Å². The van der Waals surface area contributed by atoms with Crippen LogP contribution in [0.1, 0.15) is 34.2 Å². The predicted molar refractivity (Wildman–Crippen MR) is 88.4 cm³/mol. The largest absolute Gasteiger partial charge is 0.467 e. The lowest BCUT2D eigenvalue weighted by atomic mass is 10.1. The van der Waals surface area contributed by atoms with E-state index in [-0.39, 0.29) is 5.91 Å². The normalized spacial score (nSPS) is 12.0. The third kappa shape index (κ3) is 4.11. The highest BCUT2D eigenvalue weighted by Crippen LogP contribution is 2.16. The van der Waals surface area contributed by atoms with E-state index in [9.17, 15) is 9.90 Å². The second-order valence-corrected chi connectivity index (χ2v) is 5.48. The molecule has 0 saturated heterocycles. The Kier molecular flexibility index (Phi) is 5.08. The Morgan fingerprint density at radius 1 is 1.25 bits per heavy atom. The molecule has 6 heteroatoms. The molecular formula is C18H19N3O3. The van der Waals surface area contributed by atoms with E-state index >= 15 is 0 Å². The molecule has 0 saturated carbocycles. The van der Waals surface area contributed by atoms with Gasteiger partial charge in [-0.3, -0.25) is 9.48 Å². The van der Waals surface area contributed by atoms with Gasteiger partial charge >= 0.3 is 0 Å². The number of aliphatic hydroxyl groups is 1. The summed E-state index contributed by atoms with van der Waals surface area (Å²) in [4.78, 5) is 12.1. The number of amides is 1. The molecular weight excluding hydrogens is 306 g/mol. The molecule has 0 aliphatic carbocycles. The molecule has 3 rings (SSSR count). The van der Waals surface area contributed by atoms with Gasteiger partial charge in [0.2, 0.25) is 0 Å². The molecule has 2 N–H and O–H groups in total. The van der Waals surface area contributed by atoms with Crippen molar-refractivity contribution in [3.8, 4) is 0 Å². The summed E-state index contributed by atoms with van der Waals surface area (Å²) in [5, 5.41) is 16.9. The molecule has 2 heterocycles. The van der Waals surface area contributed by atoms with Crippen molar-refractivity contribution >= 4 is 5.91 Å². The maximum absolute atomic E-state index is 12.1. The zero-order valence-corrected chi connectivity index (χ0v) is 13.1. The fourth-order valence-electron chi connectivity index (χ4n) is 2.39. The molecule has 0 aliphatic heterocycles. The Morgan fingerprint density at radius 2 is 2.08 bits per heavy atom. The minimum Gasteiger partial charge on any atom is -0.467 e. The molecule has 2 aromatic heterocycles. The number of carbonyl (C=O) groups excluding carboxylic acids is 1. The van der Waals surface area contributed by atoms with Crippen LogP contribution in [0.15, 0.2) is 65.5 Å². The van der Waals surface area contributed by atoms with E-state index in [1.807, 2.05) is 29.1 Å². The lowest BCUT2D eigenvalue weighted by Gasteiger charge is -2.09. The number of rotatable bonds is 7. The minimum atomic E-state index is -0.711. The zero-order chi connectivity index (χ0) is 16.8. The second-order valence-electron chi connectivity index (χ2n) is 5.48. The van der Waals surface area contributed by atoms with Gasteiger partial charge in [0.25, 0.3) is 5.91 Å². The molecule has 0 aliphatic rings. The maximum Gasteiger partial charge on any atom is 0.251 e. The Hall–Kier alpha value is -2.86. The van der Waals surface area contributed by atoms with E-state index < -0.39 is 6.10 Å². The van der Waals surface area contributed by atoms with E-state index in [1.54, 1.807) is 30.5 Å². The van der Waals surface area contributed by atoms with Gasteiger partial charge in [-0.15, -0.1) is 0 Å². The molecule has 0 bridgehead atoms. The van der Waals surface area contributed by atoms with Crippen LogP contribution in [-0.2, 0) is 6.54 Å². The number of furan rings is 1. The van der Waals surface area contributed by atoms with Crippen LogP contribution in [0.4, 0.5) is 0 Å². The molecule has 0 radical (unpaired) electrons. The molecule has 6 nitrogen and oxygen atoms in total. The van der Waals surface area contributed by atoms with Gasteiger partial charge in [-0.25, -0.2) is 0 Å². The zero-order valence-electron chi connectivity index (χ0n) is 13.1. The third-order valence-corrected chi connectivity index (χ3v) is 3.69. The monoisotopic (exact) mass is 325 g/mol. The number of hydrogen-bond donors (Lipinski definition) is 2. The van der Waals surface area contributed by atoms with E-state index in [1.165, 1.54) is 6.26 Å². The maximum atomic E-state index is 12.1. The molecule has 1 amide bonds. The van der Waals surface area contributed by atoms with E-state index in [4.69, 9.17) is 4.42 Å². The summed E-state index contributed by atoms with van der Waals surface area (Å²) < 4.78 is 6.95. The molecule has 1 atom stereocenters. The first-order chi connectivity index (χ1) is 11.7. The van der Waals surface area contributed by atoms with Gasteiger partial charge in [0.05, 0.1) is 12.8 Å². The number of aliphatic hydroxyl groups excluding tert-OH is 1. The molecule has 124 valence electrons. The summed E-state index contributed by atoms with van der Waals surface area (Å²) in [6, 6.07) is 12.7. The van der Waals surface area contributed by atoms with Gasteiger partial charge in [-0.05, 0) is 42.3 Å². The summed E-state index contributed by atoms with van der Waals surface area (Å²) in [6.07, 6.45) is 4.83. The minimum absolute atomic E-state index is 0.160. The standard InChI is InChI=1S/C18H19N3O3/c22-16(17-3-1-12-24-17)8-10-19-18(23)15-6-4-14(5-7-15)13-21-11-2-9-20-21/h1-7,9,11-12,16,22H,8,10,13H2,(H,19,23)/t16-/m1/s1. The Morgan fingerprint density at radius 3 is 2.75 bits per heavy atom. The highest BCUT2D eigenvalue weighted by Gasteiger charge is 2.11. The smallest absolute Gasteiger partial charge is 0.251 e. The molecule has 1 aromatic carbocycles. The second kappa shape index (κ2) is 7.61.